The topological polar surface area (TPSA) is 135 Å². The number of aliphatic imine (C=N–C) groups is 1. The van der Waals surface area contributed by atoms with Gasteiger partial charge in [-0.3, -0.25) is 19.6 Å². The fraction of sp³-hybridized carbons (Fsp3) is 0.458. The predicted octanol–water partition coefficient (Wildman–Crippen LogP) is 0.696. The van der Waals surface area contributed by atoms with Crippen LogP contribution >= 0.6 is 0 Å². The van der Waals surface area contributed by atoms with Gasteiger partial charge < -0.3 is 20.0 Å². The molecule has 2 aromatic rings. The van der Waals surface area contributed by atoms with Crippen molar-refractivity contribution in [3.8, 4) is 0 Å². The highest BCUT2D eigenvalue weighted by atomic mass is 16.4. The first-order valence-electron chi connectivity index (χ1n) is 12.0. The van der Waals surface area contributed by atoms with Crippen LogP contribution in [0.3, 0.4) is 0 Å². The summed E-state index contributed by atoms with van der Waals surface area (Å²) >= 11 is 0. The van der Waals surface area contributed by atoms with E-state index in [0.29, 0.717) is 29.8 Å². The Morgan fingerprint density at radius 2 is 1.94 bits per heavy atom. The molecular formula is C24H27N7O4. The summed E-state index contributed by atoms with van der Waals surface area (Å²) in [5.74, 6) is -1.13. The van der Waals surface area contributed by atoms with Gasteiger partial charge in [0.15, 0.2) is 5.58 Å². The number of amides is 2. The van der Waals surface area contributed by atoms with Gasteiger partial charge in [0.1, 0.15) is 17.6 Å². The van der Waals surface area contributed by atoms with Crippen LogP contribution in [0.1, 0.15) is 31.2 Å². The van der Waals surface area contributed by atoms with Crippen molar-refractivity contribution in [3.05, 3.63) is 46.1 Å². The zero-order valence-electron chi connectivity index (χ0n) is 19.2. The minimum atomic E-state index is -0.523. The van der Waals surface area contributed by atoms with E-state index < -0.39 is 11.9 Å². The van der Waals surface area contributed by atoms with Crippen LogP contribution in [0.25, 0.3) is 11.1 Å². The molecule has 2 bridgehead atoms. The molecule has 0 spiro atoms. The number of hydrogen-bond acceptors (Lipinski definition) is 8. The number of carbonyl (C=O) groups excluding carboxylic acids is 2. The molecule has 1 unspecified atom stereocenters. The molecule has 5 aliphatic heterocycles. The van der Waals surface area contributed by atoms with Crippen molar-refractivity contribution in [2.24, 2.45) is 15.5 Å². The molecule has 0 saturated carbocycles. The van der Waals surface area contributed by atoms with E-state index in [2.05, 4.69) is 30.6 Å². The Bertz CT molecular complexity index is 1320. The lowest BCUT2D eigenvalue weighted by Gasteiger charge is -2.48. The number of benzene rings is 1. The number of oxazole rings is 1. The van der Waals surface area contributed by atoms with Gasteiger partial charge in [-0.2, -0.15) is 5.10 Å². The highest BCUT2D eigenvalue weighted by molar-refractivity contribution is 6.44. The minimum absolute atomic E-state index is 0.169. The van der Waals surface area contributed by atoms with Gasteiger partial charge in [-0.1, -0.05) is 6.07 Å². The molecule has 6 heterocycles. The zero-order chi connectivity index (χ0) is 24.0. The number of aromatic nitrogens is 1. The van der Waals surface area contributed by atoms with Crippen molar-refractivity contribution >= 4 is 34.8 Å². The number of hydrazone groups is 1. The molecule has 1 atom stereocenters. The molecule has 2 amide bonds. The number of nitrogens with zero attached hydrogens (tertiary/aromatic N) is 4. The normalized spacial score (nSPS) is 26.9. The molecule has 7 rings (SSSR count). The smallest absolute Gasteiger partial charge is 0.408 e. The number of piperidine rings is 3. The van der Waals surface area contributed by atoms with E-state index in [-0.39, 0.29) is 29.5 Å². The largest absolute Gasteiger partial charge is 0.417 e. The van der Waals surface area contributed by atoms with E-state index >= 15 is 0 Å². The van der Waals surface area contributed by atoms with Gasteiger partial charge in [-0.15, -0.1) is 0 Å². The van der Waals surface area contributed by atoms with Gasteiger partial charge in [0.25, 0.3) is 11.8 Å². The van der Waals surface area contributed by atoms with Crippen LogP contribution in [0.2, 0.25) is 0 Å². The fourth-order valence-corrected chi connectivity index (χ4v) is 5.33. The van der Waals surface area contributed by atoms with E-state index in [4.69, 9.17) is 4.42 Å². The highest BCUT2D eigenvalue weighted by Crippen LogP contribution is 2.39. The van der Waals surface area contributed by atoms with Crippen molar-refractivity contribution in [2.45, 2.75) is 38.4 Å². The standard InChI is InChI=1S/C24H27N7O4/c32-21(25-13-15-1-2-19-16(11-15)29-23(34)35-19)17-12-18(31-20(28-17)3-7-27-31)22(33)26-14-24-4-8-30(9-5-24)10-6-24/h1-2,7,11-12,20H,3-6,8-10,13-14H2,(H,25,32)(H,26,33)(H,29,34). The maximum atomic E-state index is 13.2. The SMILES string of the molecule is O=C(NCC12CCN(CC1)CC2)C1=CC(C(=O)NCc2ccc3oc(=O)[nH]c3c2)=NC2CC=NN12. The molecule has 11 heteroatoms. The van der Waals surface area contributed by atoms with E-state index in [1.165, 1.54) is 6.08 Å². The maximum Gasteiger partial charge on any atom is 0.417 e. The fourth-order valence-electron chi connectivity index (χ4n) is 5.33. The van der Waals surface area contributed by atoms with Gasteiger partial charge in [-0.05, 0) is 62.0 Å². The summed E-state index contributed by atoms with van der Waals surface area (Å²) < 4.78 is 5.01. The Balaban J connectivity index is 1.14. The van der Waals surface area contributed by atoms with Crippen LogP contribution in [0.4, 0.5) is 0 Å². The van der Waals surface area contributed by atoms with Crippen LogP contribution in [-0.4, -0.2) is 71.0 Å². The number of fused-ring (bicyclic) bond motifs is 5. The summed E-state index contributed by atoms with van der Waals surface area (Å²) in [6.45, 7) is 4.16. The second kappa shape index (κ2) is 8.49. The number of rotatable bonds is 6. The van der Waals surface area contributed by atoms with E-state index in [1.807, 2.05) is 0 Å². The average molecular weight is 478 g/mol. The van der Waals surface area contributed by atoms with Crippen LogP contribution < -0.4 is 16.4 Å². The van der Waals surface area contributed by atoms with Crippen molar-refractivity contribution in [3.63, 3.8) is 0 Å². The Morgan fingerprint density at radius 3 is 2.74 bits per heavy atom. The monoisotopic (exact) mass is 477 g/mol. The molecular weight excluding hydrogens is 450 g/mol. The molecule has 3 saturated heterocycles. The van der Waals surface area contributed by atoms with Crippen LogP contribution in [0.5, 0.6) is 0 Å². The first-order chi connectivity index (χ1) is 17.0. The average Bonchev–Trinajstić information content (AvgIpc) is 3.51. The Labute approximate surface area is 200 Å². The lowest BCUT2D eigenvalue weighted by Crippen LogP contribution is -2.53. The molecule has 182 valence electrons. The lowest BCUT2D eigenvalue weighted by atomic mass is 9.72. The van der Waals surface area contributed by atoms with E-state index in [9.17, 15) is 14.4 Å². The summed E-state index contributed by atoms with van der Waals surface area (Å²) in [5, 5.41) is 11.9. The van der Waals surface area contributed by atoms with Crippen LogP contribution in [0, 0.1) is 5.41 Å². The van der Waals surface area contributed by atoms with Crippen molar-refractivity contribution in [1.82, 2.24) is 25.5 Å². The zero-order valence-corrected chi connectivity index (χ0v) is 19.2. The van der Waals surface area contributed by atoms with Gasteiger partial charge in [0.05, 0.1) is 5.52 Å². The molecule has 35 heavy (non-hydrogen) atoms. The number of nitrogens with one attached hydrogen (secondary N) is 3. The third-order valence-electron chi connectivity index (χ3n) is 7.51. The lowest BCUT2D eigenvalue weighted by molar-refractivity contribution is -0.120. The van der Waals surface area contributed by atoms with Crippen LogP contribution in [0.15, 0.2) is 49.3 Å². The van der Waals surface area contributed by atoms with Gasteiger partial charge in [0, 0.05) is 31.8 Å². The van der Waals surface area contributed by atoms with Gasteiger partial charge in [0.2, 0.25) is 0 Å². The molecule has 1 aromatic carbocycles. The Hall–Kier alpha value is -3.73. The highest BCUT2D eigenvalue weighted by Gasteiger charge is 2.40. The van der Waals surface area contributed by atoms with E-state index in [1.54, 1.807) is 29.4 Å². The second-order valence-electron chi connectivity index (χ2n) is 9.70. The van der Waals surface area contributed by atoms with Gasteiger partial charge >= 0.3 is 5.76 Å². The molecule has 3 fully saturated rings. The summed E-state index contributed by atoms with van der Waals surface area (Å²) in [4.78, 5) is 47.1. The number of hydrogen-bond donors (Lipinski definition) is 3. The first kappa shape index (κ1) is 21.8. The Morgan fingerprint density at radius 1 is 1.14 bits per heavy atom. The molecule has 1 aromatic heterocycles. The molecule has 0 radical (unpaired) electrons. The van der Waals surface area contributed by atoms with Crippen molar-refractivity contribution < 1.29 is 14.0 Å². The van der Waals surface area contributed by atoms with Crippen molar-refractivity contribution in [1.29, 1.82) is 0 Å². The Kier molecular flexibility index (Phi) is 5.28. The summed E-state index contributed by atoms with van der Waals surface area (Å²) in [7, 11) is 0. The quantitative estimate of drug-likeness (QED) is 0.560. The van der Waals surface area contributed by atoms with Gasteiger partial charge in [-0.25, -0.2) is 9.80 Å². The molecule has 5 aliphatic rings. The summed E-state index contributed by atoms with van der Waals surface area (Å²) in [6.07, 6.45) is 6.67. The molecule has 0 aliphatic carbocycles. The third kappa shape index (κ3) is 4.16. The summed E-state index contributed by atoms with van der Waals surface area (Å²) in [5.41, 5.74) is 2.53. The maximum absolute atomic E-state index is 13.2. The van der Waals surface area contributed by atoms with Crippen molar-refractivity contribution in [2.75, 3.05) is 26.2 Å². The first-order valence-corrected chi connectivity index (χ1v) is 12.0. The second-order valence-corrected chi connectivity index (χ2v) is 9.70. The number of carbonyl (C=O) groups is 2. The molecule has 3 N–H and O–H groups in total. The van der Waals surface area contributed by atoms with E-state index in [0.717, 1.165) is 44.5 Å². The third-order valence-corrected chi connectivity index (χ3v) is 7.51. The predicted molar refractivity (Wildman–Crippen MR) is 129 cm³/mol. The minimum Gasteiger partial charge on any atom is -0.408 e. The van der Waals surface area contributed by atoms with Crippen LogP contribution in [-0.2, 0) is 16.1 Å². The number of aromatic amines is 1. The number of H-pyrrole nitrogens is 1. The summed E-state index contributed by atoms with van der Waals surface area (Å²) in [6, 6.07) is 5.21. The molecule has 11 nitrogen and oxygen atoms in total.